The van der Waals surface area contributed by atoms with Crippen LogP contribution in [0.2, 0.25) is 0 Å². The fourth-order valence-electron chi connectivity index (χ4n) is 2.19. The molecule has 0 aliphatic heterocycles. The van der Waals surface area contributed by atoms with Crippen LogP contribution >= 0.6 is 0 Å². The highest BCUT2D eigenvalue weighted by Crippen LogP contribution is 2.25. The van der Waals surface area contributed by atoms with E-state index < -0.39 is 5.97 Å². The number of carbonyl (C=O) groups is 1. The third-order valence-electron chi connectivity index (χ3n) is 3.07. The van der Waals surface area contributed by atoms with Crippen LogP contribution in [0.1, 0.15) is 16.8 Å². The molecule has 16 heavy (non-hydrogen) atoms. The molecule has 0 atom stereocenters. The van der Waals surface area contributed by atoms with E-state index in [0.29, 0.717) is 0 Å². The molecule has 3 heteroatoms. The second-order valence-corrected chi connectivity index (χ2v) is 4.22. The normalized spacial score (nSPS) is 10.9. The summed E-state index contributed by atoms with van der Waals surface area (Å²) in [5.74, 6) is -0.786. The second-order valence-electron chi connectivity index (χ2n) is 4.22. The van der Waals surface area contributed by atoms with Crippen molar-refractivity contribution in [3.8, 4) is 0 Å². The smallest absolute Gasteiger partial charge is 0.309 e. The van der Waals surface area contributed by atoms with E-state index in [1.165, 1.54) is 5.56 Å². The summed E-state index contributed by atoms with van der Waals surface area (Å²) in [6, 6.07) is 6.20. The number of hydrogen-bond donors (Lipinski definition) is 1. The molecule has 1 heterocycles. The van der Waals surface area contributed by atoms with Crippen molar-refractivity contribution in [1.29, 1.82) is 0 Å². The van der Waals surface area contributed by atoms with Gasteiger partial charge in [0, 0.05) is 23.6 Å². The van der Waals surface area contributed by atoms with Gasteiger partial charge in [-0.1, -0.05) is 11.6 Å². The van der Waals surface area contributed by atoms with Crippen LogP contribution in [0.5, 0.6) is 0 Å². The highest BCUT2D eigenvalue weighted by atomic mass is 16.4. The van der Waals surface area contributed by atoms with Gasteiger partial charge in [0.2, 0.25) is 0 Å². The molecule has 0 spiro atoms. The first-order valence-corrected chi connectivity index (χ1v) is 5.27. The molecule has 3 nitrogen and oxygen atoms in total. The van der Waals surface area contributed by atoms with E-state index in [1.54, 1.807) is 0 Å². The maximum Gasteiger partial charge on any atom is 0.309 e. The molecule has 1 aromatic heterocycles. The van der Waals surface area contributed by atoms with Gasteiger partial charge in [0.15, 0.2) is 0 Å². The Labute approximate surface area is 94.3 Å². The summed E-state index contributed by atoms with van der Waals surface area (Å²) in [5.41, 5.74) is 4.25. The fraction of sp³-hybridized carbons (Fsp3) is 0.308. The standard InChI is InChI=1S/C13H15NO2/c1-8-4-5-11-10(6-8)9(2)12(14(11)3)7-13(15)16/h4-6H,7H2,1-3H3,(H,15,16). The van der Waals surface area contributed by atoms with E-state index in [0.717, 1.165) is 22.2 Å². The van der Waals surface area contributed by atoms with Crippen LogP contribution in [-0.4, -0.2) is 15.6 Å². The lowest BCUT2D eigenvalue weighted by Crippen LogP contribution is -2.06. The summed E-state index contributed by atoms with van der Waals surface area (Å²) < 4.78 is 1.97. The lowest BCUT2D eigenvalue weighted by molar-refractivity contribution is -0.136. The summed E-state index contributed by atoms with van der Waals surface area (Å²) in [6.07, 6.45) is 0.0794. The largest absolute Gasteiger partial charge is 0.481 e. The molecule has 0 amide bonds. The van der Waals surface area contributed by atoms with Crippen molar-refractivity contribution >= 4 is 16.9 Å². The molecule has 0 bridgehead atoms. The molecule has 0 saturated carbocycles. The van der Waals surface area contributed by atoms with Crippen molar-refractivity contribution in [2.75, 3.05) is 0 Å². The zero-order valence-electron chi connectivity index (χ0n) is 9.74. The SMILES string of the molecule is Cc1ccc2c(c1)c(C)c(CC(=O)O)n2C. The Bertz CT molecular complexity index is 567. The number of hydrogen-bond acceptors (Lipinski definition) is 1. The Morgan fingerprint density at radius 3 is 2.69 bits per heavy atom. The maximum absolute atomic E-state index is 10.8. The molecule has 84 valence electrons. The lowest BCUT2D eigenvalue weighted by Gasteiger charge is -2.01. The topological polar surface area (TPSA) is 42.2 Å². The van der Waals surface area contributed by atoms with Gasteiger partial charge in [0.1, 0.15) is 0 Å². The third kappa shape index (κ3) is 1.58. The van der Waals surface area contributed by atoms with E-state index in [2.05, 4.69) is 6.07 Å². The summed E-state index contributed by atoms with van der Waals surface area (Å²) in [7, 11) is 1.92. The van der Waals surface area contributed by atoms with Crippen LogP contribution in [-0.2, 0) is 18.3 Å². The summed E-state index contributed by atoms with van der Waals surface area (Å²) >= 11 is 0. The van der Waals surface area contributed by atoms with Crippen LogP contribution < -0.4 is 0 Å². The Hall–Kier alpha value is -1.77. The van der Waals surface area contributed by atoms with Crippen molar-refractivity contribution in [1.82, 2.24) is 4.57 Å². The maximum atomic E-state index is 10.8. The van der Waals surface area contributed by atoms with E-state index >= 15 is 0 Å². The highest BCUT2D eigenvalue weighted by Gasteiger charge is 2.13. The molecule has 0 fully saturated rings. The number of carboxylic acids is 1. The Morgan fingerprint density at radius 2 is 2.06 bits per heavy atom. The van der Waals surface area contributed by atoms with E-state index in [1.807, 2.05) is 37.6 Å². The summed E-state index contributed by atoms with van der Waals surface area (Å²) in [4.78, 5) is 10.8. The van der Waals surface area contributed by atoms with Crippen molar-refractivity contribution in [2.24, 2.45) is 7.05 Å². The minimum Gasteiger partial charge on any atom is -0.481 e. The molecule has 0 saturated heterocycles. The van der Waals surface area contributed by atoms with Crippen LogP contribution in [0.4, 0.5) is 0 Å². The van der Waals surface area contributed by atoms with E-state index in [4.69, 9.17) is 5.11 Å². The van der Waals surface area contributed by atoms with Crippen molar-refractivity contribution in [3.05, 3.63) is 35.0 Å². The van der Waals surface area contributed by atoms with E-state index in [9.17, 15) is 4.79 Å². The number of rotatable bonds is 2. The number of benzene rings is 1. The fourth-order valence-corrected chi connectivity index (χ4v) is 2.19. The van der Waals surface area contributed by atoms with Crippen molar-refractivity contribution in [3.63, 3.8) is 0 Å². The molecule has 1 N–H and O–H groups in total. The highest BCUT2D eigenvalue weighted by molar-refractivity contribution is 5.87. The molecule has 0 unspecified atom stereocenters. The minimum atomic E-state index is -0.786. The number of aliphatic carboxylic acids is 1. The lowest BCUT2D eigenvalue weighted by atomic mass is 10.1. The average molecular weight is 217 g/mol. The van der Waals surface area contributed by atoms with Crippen molar-refractivity contribution in [2.45, 2.75) is 20.3 Å². The summed E-state index contributed by atoms with van der Waals surface area (Å²) in [5, 5.41) is 10.0. The predicted octanol–water partition coefficient (Wildman–Crippen LogP) is 2.42. The predicted molar refractivity (Wildman–Crippen MR) is 63.7 cm³/mol. The summed E-state index contributed by atoms with van der Waals surface area (Å²) in [6.45, 7) is 4.03. The number of fused-ring (bicyclic) bond motifs is 1. The quantitative estimate of drug-likeness (QED) is 0.839. The molecule has 2 rings (SSSR count). The Kier molecular flexibility index (Phi) is 2.46. The van der Waals surface area contributed by atoms with Gasteiger partial charge in [0.05, 0.1) is 6.42 Å². The van der Waals surface area contributed by atoms with Crippen LogP contribution in [0.3, 0.4) is 0 Å². The van der Waals surface area contributed by atoms with E-state index in [-0.39, 0.29) is 6.42 Å². The second kappa shape index (κ2) is 3.67. The van der Waals surface area contributed by atoms with Gasteiger partial charge in [-0.3, -0.25) is 4.79 Å². The van der Waals surface area contributed by atoms with Crippen LogP contribution in [0.15, 0.2) is 18.2 Å². The number of carboxylic acid groups (broad SMARTS) is 1. The monoisotopic (exact) mass is 217 g/mol. The molecule has 0 radical (unpaired) electrons. The van der Waals surface area contributed by atoms with Gasteiger partial charge in [-0.2, -0.15) is 0 Å². The van der Waals surface area contributed by atoms with Crippen LogP contribution in [0.25, 0.3) is 10.9 Å². The molecular formula is C13H15NO2. The minimum absolute atomic E-state index is 0.0794. The van der Waals surface area contributed by atoms with Gasteiger partial charge in [0.25, 0.3) is 0 Å². The number of aromatic nitrogens is 1. The average Bonchev–Trinajstić information content (AvgIpc) is 2.43. The van der Waals surface area contributed by atoms with Gasteiger partial charge in [-0.15, -0.1) is 0 Å². The molecule has 0 aliphatic rings. The van der Waals surface area contributed by atoms with Gasteiger partial charge in [-0.05, 0) is 31.5 Å². The number of aryl methyl sites for hydroxylation is 3. The van der Waals surface area contributed by atoms with Crippen LogP contribution in [0, 0.1) is 13.8 Å². The first-order chi connectivity index (χ1) is 7.50. The first-order valence-electron chi connectivity index (χ1n) is 5.27. The third-order valence-corrected chi connectivity index (χ3v) is 3.07. The Morgan fingerprint density at radius 1 is 1.38 bits per heavy atom. The molecule has 2 aromatic rings. The Balaban J connectivity index is 2.71. The zero-order chi connectivity index (χ0) is 11.9. The molecule has 0 aliphatic carbocycles. The number of nitrogens with zero attached hydrogens (tertiary/aromatic N) is 1. The van der Waals surface area contributed by atoms with Gasteiger partial charge >= 0.3 is 5.97 Å². The molecular weight excluding hydrogens is 202 g/mol. The van der Waals surface area contributed by atoms with Gasteiger partial charge in [-0.25, -0.2) is 0 Å². The molecule has 1 aromatic carbocycles. The zero-order valence-corrected chi connectivity index (χ0v) is 9.74. The van der Waals surface area contributed by atoms with Gasteiger partial charge < -0.3 is 9.67 Å². The first kappa shape index (κ1) is 10.7. The van der Waals surface area contributed by atoms with Crippen molar-refractivity contribution < 1.29 is 9.90 Å².